The number of rotatable bonds is 4. The van der Waals surface area contributed by atoms with Crippen LogP contribution in [0.1, 0.15) is 28.2 Å². The second-order valence-corrected chi connectivity index (χ2v) is 7.18. The second-order valence-electron chi connectivity index (χ2n) is 7.18. The smallest absolute Gasteiger partial charge is 0.168 e. The van der Waals surface area contributed by atoms with Crippen molar-refractivity contribution < 1.29 is 0 Å². The first-order chi connectivity index (χ1) is 13.7. The van der Waals surface area contributed by atoms with Crippen molar-refractivity contribution in [1.82, 2.24) is 24.1 Å². The molecule has 0 spiro atoms. The Bertz CT molecular complexity index is 1270. The summed E-state index contributed by atoms with van der Waals surface area (Å²) in [6, 6.07) is 20.8. The molecular formula is C23H21N5. The van der Waals surface area contributed by atoms with Crippen molar-refractivity contribution in [2.75, 3.05) is 0 Å². The third-order valence-corrected chi connectivity index (χ3v) is 5.38. The highest BCUT2D eigenvalue weighted by atomic mass is 15.3. The van der Waals surface area contributed by atoms with E-state index in [0.29, 0.717) is 6.42 Å². The van der Waals surface area contributed by atoms with Crippen LogP contribution in [0.3, 0.4) is 0 Å². The summed E-state index contributed by atoms with van der Waals surface area (Å²) in [7, 11) is 0. The summed E-state index contributed by atoms with van der Waals surface area (Å²) in [6.45, 7) is 5.09. The lowest BCUT2D eigenvalue weighted by Crippen LogP contribution is -2.03. The van der Waals surface area contributed by atoms with Crippen molar-refractivity contribution in [2.24, 2.45) is 0 Å². The lowest BCUT2D eigenvalue weighted by molar-refractivity contribution is 0.786. The number of benzene rings is 2. The number of fused-ring (bicyclic) bond motifs is 3. The monoisotopic (exact) mass is 367 g/mol. The molecule has 5 nitrogen and oxygen atoms in total. The Hall–Kier alpha value is -3.47. The Morgan fingerprint density at radius 1 is 0.821 bits per heavy atom. The van der Waals surface area contributed by atoms with Gasteiger partial charge in [-0.25, -0.2) is 14.5 Å². The van der Waals surface area contributed by atoms with Gasteiger partial charge in [0.05, 0.1) is 5.39 Å². The average Bonchev–Trinajstić information content (AvgIpc) is 3.23. The molecule has 0 atom stereocenters. The van der Waals surface area contributed by atoms with Crippen LogP contribution in [0.2, 0.25) is 0 Å². The fourth-order valence-electron chi connectivity index (χ4n) is 3.79. The largest absolute Gasteiger partial charge is 0.325 e. The third kappa shape index (κ3) is 2.76. The van der Waals surface area contributed by atoms with Crippen LogP contribution >= 0.6 is 0 Å². The normalized spacial score (nSPS) is 11.5. The Labute approximate surface area is 163 Å². The van der Waals surface area contributed by atoms with E-state index in [1.165, 1.54) is 22.4 Å². The van der Waals surface area contributed by atoms with E-state index < -0.39 is 0 Å². The van der Waals surface area contributed by atoms with Gasteiger partial charge in [0.15, 0.2) is 11.5 Å². The number of hydrogen-bond acceptors (Lipinski definition) is 3. The van der Waals surface area contributed by atoms with Gasteiger partial charge < -0.3 is 4.57 Å². The first-order valence-electron chi connectivity index (χ1n) is 9.48. The summed E-state index contributed by atoms with van der Waals surface area (Å²) in [4.78, 5) is 9.59. The first-order valence-corrected chi connectivity index (χ1v) is 9.48. The van der Waals surface area contributed by atoms with E-state index in [9.17, 15) is 0 Å². The Kier molecular flexibility index (Phi) is 3.93. The molecule has 0 aliphatic heterocycles. The molecule has 0 N–H and O–H groups in total. The van der Waals surface area contributed by atoms with Gasteiger partial charge >= 0.3 is 0 Å². The van der Waals surface area contributed by atoms with Crippen LogP contribution in [-0.2, 0) is 13.0 Å². The third-order valence-electron chi connectivity index (χ3n) is 5.38. The molecule has 2 aromatic carbocycles. The maximum atomic E-state index is 4.86. The Balaban J connectivity index is 1.63. The van der Waals surface area contributed by atoms with Gasteiger partial charge in [-0.05, 0) is 30.5 Å². The number of hydrogen-bond donors (Lipinski definition) is 0. The quantitative estimate of drug-likeness (QED) is 0.475. The van der Waals surface area contributed by atoms with Gasteiger partial charge in [-0.2, -0.15) is 0 Å². The van der Waals surface area contributed by atoms with E-state index in [1.54, 1.807) is 10.8 Å². The molecule has 0 radical (unpaired) electrons. The summed E-state index contributed by atoms with van der Waals surface area (Å²) >= 11 is 0. The van der Waals surface area contributed by atoms with Crippen LogP contribution in [0.25, 0.3) is 16.7 Å². The van der Waals surface area contributed by atoms with E-state index >= 15 is 0 Å². The standard InChI is InChI=1S/C23H21N5/c1-16-17(2)27(14-19-11-7-4-8-12-19)22-21(16)23-25-20(26-28(23)15-24-22)13-18-9-5-3-6-10-18/h3-12,15H,13-14H2,1-2H3. The second kappa shape index (κ2) is 6.60. The molecule has 28 heavy (non-hydrogen) atoms. The van der Waals surface area contributed by atoms with E-state index in [4.69, 9.17) is 9.97 Å². The molecule has 138 valence electrons. The molecule has 3 heterocycles. The first kappa shape index (κ1) is 16.7. The summed E-state index contributed by atoms with van der Waals surface area (Å²) < 4.78 is 4.07. The number of nitrogens with zero attached hydrogens (tertiary/aromatic N) is 5. The minimum Gasteiger partial charge on any atom is -0.325 e. The van der Waals surface area contributed by atoms with Crippen LogP contribution in [0, 0.1) is 13.8 Å². The SMILES string of the molecule is Cc1c(C)n(Cc2ccccc2)c2ncn3nc(Cc4ccccc4)nc3c12. The Morgan fingerprint density at radius 3 is 2.21 bits per heavy atom. The average molecular weight is 367 g/mol. The van der Waals surface area contributed by atoms with Crippen LogP contribution in [0.5, 0.6) is 0 Å². The van der Waals surface area contributed by atoms with Crippen molar-refractivity contribution in [2.45, 2.75) is 26.8 Å². The van der Waals surface area contributed by atoms with Crippen molar-refractivity contribution >= 4 is 16.7 Å². The van der Waals surface area contributed by atoms with Crippen molar-refractivity contribution in [1.29, 1.82) is 0 Å². The molecule has 0 saturated carbocycles. The number of aryl methyl sites for hydroxylation is 1. The lowest BCUT2D eigenvalue weighted by atomic mass is 10.1. The van der Waals surface area contributed by atoms with Crippen LogP contribution in [-0.4, -0.2) is 24.1 Å². The summed E-state index contributed by atoms with van der Waals surface area (Å²) in [6.07, 6.45) is 2.49. The highest BCUT2D eigenvalue weighted by Crippen LogP contribution is 2.27. The topological polar surface area (TPSA) is 48.0 Å². The zero-order chi connectivity index (χ0) is 19.1. The highest BCUT2D eigenvalue weighted by Gasteiger charge is 2.18. The molecule has 0 bridgehead atoms. The molecule has 5 heteroatoms. The molecule has 0 aliphatic rings. The summed E-state index contributed by atoms with van der Waals surface area (Å²) in [5.41, 5.74) is 6.73. The minimum atomic E-state index is 0.715. The van der Waals surface area contributed by atoms with Gasteiger partial charge in [-0.1, -0.05) is 60.7 Å². The fraction of sp³-hybridized carbons (Fsp3) is 0.174. The molecule has 5 rings (SSSR count). The fourth-order valence-corrected chi connectivity index (χ4v) is 3.79. The van der Waals surface area contributed by atoms with E-state index in [-0.39, 0.29) is 0 Å². The predicted octanol–water partition coefficient (Wildman–Crippen LogP) is 4.33. The van der Waals surface area contributed by atoms with Gasteiger partial charge in [0, 0.05) is 18.7 Å². The maximum Gasteiger partial charge on any atom is 0.168 e. The Morgan fingerprint density at radius 2 is 1.50 bits per heavy atom. The minimum absolute atomic E-state index is 0.715. The molecule has 0 unspecified atom stereocenters. The maximum absolute atomic E-state index is 4.86. The van der Waals surface area contributed by atoms with Gasteiger partial charge in [-0.3, -0.25) is 0 Å². The molecule has 3 aromatic heterocycles. The van der Waals surface area contributed by atoms with E-state index in [1.807, 2.05) is 24.3 Å². The molecule has 0 fully saturated rings. The van der Waals surface area contributed by atoms with Crippen LogP contribution in [0.4, 0.5) is 0 Å². The molecule has 0 aliphatic carbocycles. The van der Waals surface area contributed by atoms with Gasteiger partial charge in [0.25, 0.3) is 0 Å². The van der Waals surface area contributed by atoms with E-state index in [0.717, 1.165) is 29.0 Å². The zero-order valence-corrected chi connectivity index (χ0v) is 16.0. The van der Waals surface area contributed by atoms with Crippen LogP contribution in [0.15, 0.2) is 67.0 Å². The molecule has 0 amide bonds. The summed E-state index contributed by atoms with van der Waals surface area (Å²) in [5.74, 6) is 0.813. The van der Waals surface area contributed by atoms with Crippen LogP contribution < -0.4 is 0 Å². The lowest BCUT2D eigenvalue weighted by Gasteiger charge is -2.07. The zero-order valence-electron chi connectivity index (χ0n) is 16.0. The summed E-state index contributed by atoms with van der Waals surface area (Å²) in [5, 5.41) is 5.74. The van der Waals surface area contributed by atoms with Crippen molar-refractivity contribution in [3.8, 4) is 0 Å². The number of aromatic nitrogens is 5. The van der Waals surface area contributed by atoms with Gasteiger partial charge in [0.2, 0.25) is 0 Å². The van der Waals surface area contributed by atoms with Crippen molar-refractivity contribution in [3.05, 3.63) is 95.2 Å². The predicted molar refractivity (Wildman–Crippen MR) is 111 cm³/mol. The molecular weight excluding hydrogens is 346 g/mol. The van der Waals surface area contributed by atoms with Gasteiger partial charge in [0.1, 0.15) is 12.0 Å². The van der Waals surface area contributed by atoms with Gasteiger partial charge in [-0.15, -0.1) is 5.10 Å². The molecule has 5 aromatic rings. The highest BCUT2D eigenvalue weighted by molar-refractivity contribution is 5.93. The van der Waals surface area contributed by atoms with E-state index in [2.05, 4.69) is 59.9 Å². The molecule has 0 saturated heterocycles. The van der Waals surface area contributed by atoms with Crippen molar-refractivity contribution in [3.63, 3.8) is 0 Å².